The summed E-state index contributed by atoms with van der Waals surface area (Å²) in [6, 6.07) is 0. The largest absolute Gasteiger partial charge is 0.462 e. The summed E-state index contributed by atoms with van der Waals surface area (Å²) >= 11 is 0. The van der Waals surface area contributed by atoms with E-state index in [9.17, 15) is 14.4 Å². The highest BCUT2D eigenvalue weighted by molar-refractivity contribution is 5.71. The molecule has 75 heavy (non-hydrogen) atoms. The van der Waals surface area contributed by atoms with Crippen molar-refractivity contribution < 1.29 is 28.6 Å². The Morgan fingerprint density at radius 1 is 0.253 bits per heavy atom. The molecule has 6 heteroatoms. The molecule has 0 saturated heterocycles. The Kier molecular flexibility index (Phi) is 63.1. The van der Waals surface area contributed by atoms with E-state index < -0.39 is 6.10 Å². The van der Waals surface area contributed by atoms with Gasteiger partial charge in [-0.15, -0.1) is 0 Å². The van der Waals surface area contributed by atoms with Gasteiger partial charge in [0.1, 0.15) is 13.2 Å². The van der Waals surface area contributed by atoms with Gasteiger partial charge in [-0.3, -0.25) is 14.4 Å². The lowest BCUT2D eigenvalue weighted by molar-refractivity contribution is -0.167. The lowest BCUT2D eigenvalue weighted by atomic mass is 10.0. The minimum Gasteiger partial charge on any atom is -0.462 e. The average molecular weight is 1060 g/mol. The van der Waals surface area contributed by atoms with Gasteiger partial charge in [0.15, 0.2) is 6.10 Å². The van der Waals surface area contributed by atoms with Crippen molar-refractivity contribution in [3.63, 3.8) is 0 Å². The van der Waals surface area contributed by atoms with E-state index in [1.165, 1.54) is 295 Å². The molecule has 444 valence electrons. The van der Waals surface area contributed by atoms with Crippen LogP contribution in [-0.4, -0.2) is 37.2 Å². The zero-order valence-corrected chi connectivity index (χ0v) is 51.1. The van der Waals surface area contributed by atoms with Crippen LogP contribution >= 0.6 is 0 Å². The van der Waals surface area contributed by atoms with Gasteiger partial charge in [0, 0.05) is 19.3 Å². The molecule has 0 aliphatic carbocycles. The molecule has 0 spiro atoms. The SMILES string of the molecule is CCCCCCCCCC/C=C\CCCCCCCCCCCCCCCCCCCCCCCC(=O)OCC(COC(=O)CCCCCCCCC)OC(=O)CCCCCCCCCCCCCCCCCCC. The molecule has 0 heterocycles. The van der Waals surface area contributed by atoms with Gasteiger partial charge >= 0.3 is 17.9 Å². The van der Waals surface area contributed by atoms with Crippen molar-refractivity contribution in [2.75, 3.05) is 13.2 Å². The number of carbonyl (C=O) groups excluding carboxylic acids is 3. The predicted octanol–water partition coefficient (Wildman–Crippen LogP) is 23.2. The lowest BCUT2D eigenvalue weighted by Crippen LogP contribution is -2.30. The smallest absolute Gasteiger partial charge is 0.306 e. The first-order chi connectivity index (χ1) is 37.0. The van der Waals surface area contributed by atoms with Crippen LogP contribution in [0.5, 0.6) is 0 Å². The van der Waals surface area contributed by atoms with Crippen LogP contribution < -0.4 is 0 Å². The third-order valence-electron chi connectivity index (χ3n) is 15.8. The second-order valence-corrected chi connectivity index (χ2v) is 23.5. The summed E-state index contributed by atoms with van der Waals surface area (Å²) in [6.45, 7) is 6.67. The Hall–Kier alpha value is -1.85. The molecule has 0 saturated carbocycles. The van der Waals surface area contributed by atoms with E-state index in [1.807, 2.05) is 0 Å². The predicted molar refractivity (Wildman–Crippen MR) is 326 cm³/mol. The number of allylic oxidation sites excluding steroid dienone is 2. The zero-order valence-electron chi connectivity index (χ0n) is 51.1. The number of carbonyl (C=O) groups is 3. The van der Waals surface area contributed by atoms with E-state index in [-0.39, 0.29) is 31.1 Å². The Labute approximate surface area is 469 Å². The highest BCUT2D eigenvalue weighted by Gasteiger charge is 2.19. The van der Waals surface area contributed by atoms with E-state index in [0.717, 1.165) is 57.8 Å². The summed E-state index contributed by atoms with van der Waals surface area (Å²) in [5.41, 5.74) is 0. The summed E-state index contributed by atoms with van der Waals surface area (Å²) < 4.78 is 16.9. The number of esters is 3. The maximum absolute atomic E-state index is 12.8. The summed E-state index contributed by atoms with van der Waals surface area (Å²) in [7, 11) is 0. The number of hydrogen-bond acceptors (Lipinski definition) is 6. The fraction of sp³-hybridized carbons (Fsp3) is 0.928. The number of ether oxygens (including phenoxy) is 3. The molecule has 0 aliphatic rings. The molecule has 0 amide bonds. The van der Waals surface area contributed by atoms with E-state index in [4.69, 9.17) is 14.2 Å². The second kappa shape index (κ2) is 64.7. The molecule has 0 aromatic carbocycles. The van der Waals surface area contributed by atoms with Crippen LogP contribution in [0, 0.1) is 0 Å². The first-order valence-electron chi connectivity index (χ1n) is 34.2. The third kappa shape index (κ3) is 62.9. The molecule has 0 aliphatic heterocycles. The fourth-order valence-corrected chi connectivity index (χ4v) is 10.6. The van der Waals surface area contributed by atoms with Gasteiger partial charge in [0.2, 0.25) is 0 Å². The third-order valence-corrected chi connectivity index (χ3v) is 15.8. The maximum atomic E-state index is 12.8. The van der Waals surface area contributed by atoms with Gasteiger partial charge < -0.3 is 14.2 Å². The van der Waals surface area contributed by atoms with E-state index in [0.29, 0.717) is 19.3 Å². The normalized spacial score (nSPS) is 12.0. The van der Waals surface area contributed by atoms with Crippen molar-refractivity contribution in [1.29, 1.82) is 0 Å². The van der Waals surface area contributed by atoms with Crippen molar-refractivity contribution in [1.82, 2.24) is 0 Å². The molecular weight excluding hydrogens is 925 g/mol. The summed E-state index contributed by atoms with van der Waals surface area (Å²) in [5.74, 6) is -0.840. The van der Waals surface area contributed by atoms with Gasteiger partial charge in [0.05, 0.1) is 0 Å². The van der Waals surface area contributed by atoms with E-state index in [2.05, 4.69) is 32.9 Å². The maximum Gasteiger partial charge on any atom is 0.306 e. The molecule has 6 nitrogen and oxygen atoms in total. The van der Waals surface area contributed by atoms with Gasteiger partial charge in [-0.1, -0.05) is 341 Å². The van der Waals surface area contributed by atoms with Crippen LogP contribution in [0.15, 0.2) is 12.2 Å². The molecule has 0 aromatic rings. The molecule has 1 atom stereocenters. The fourth-order valence-electron chi connectivity index (χ4n) is 10.6. The highest BCUT2D eigenvalue weighted by Crippen LogP contribution is 2.19. The van der Waals surface area contributed by atoms with Crippen LogP contribution in [0.25, 0.3) is 0 Å². The number of hydrogen-bond donors (Lipinski definition) is 0. The second-order valence-electron chi connectivity index (χ2n) is 23.5. The van der Waals surface area contributed by atoms with Gasteiger partial charge in [-0.2, -0.15) is 0 Å². The molecule has 0 radical (unpaired) electrons. The van der Waals surface area contributed by atoms with Crippen molar-refractivity contribution >= 4 is 17.9 Å². The van der Waals surface area contributed by atoms with Gasteiger partial charge in [-0.25, -0.2) is 0 Å². The minimum absolute atomic E-state index is 0.0629. The molecule has 0 fully saturated rings. The molecule has 0 rings (SSSR count). The van der Waals surface area contributed by atoms with Crippen LogP contribution in [0.2, 0.25) is 0 Å². The molecular formula is C69H132O6. The molecule has 1 unspecified atom stereocenters. The molecule has 0 bridgehead atoms. The Morgan fingerprint density at radius 3 is 0.667 bits per heavy atom. The summed E-state index contributed by atoms with van der Waals surface area (Å²) in [5, 5.41) is 0. The Morgan fingerprint density at radius 2 is 0.440 bits per heavy atom. The highest BCUT2D eigenvalue weighted by atomic mass is 16.6. The Balaban J connectivity index is 3.93. The van der Waals surface area contributed by atoms with Crippen LogP contribution in [0.4, 0.5) is 0 Å². The average Bonchev–Trinajstić information content (AvgIpc) is 3.41. The monoisotopic (exact) mass is 1060 g/mol. The first kappa shape index (κ1) is 73.2. The minimum atomic E-state index is -0.762. The van der Waals surface area contributed by atoms with Crippen molar-refractivity contribution in [3.8, 4) is 0 Å². The van der Waals surface area contributed by atoms with Gasteiger partial charge in [0.25, 0.3) is 0 Å². The van der Waals surface area contributed by atoms with E-state index in [1.54, 1.807) is 0 Å². The number of rotatable bonds is 64. The van der Waals surface area contributed by atoms with Crippen LogP contribution in [0.1, 0.15) is 393 Å². The standard InChI is InChI=1S/C69H132O6/c1-4-7-10-13-16-18-20-22-24-26-27-28-29-30-31-32-33-34-35-36-37-38-39-40-41-43-44-46-48-50-53-56-59-62-68(71)74-65-66(64-73-67(70)61-58-55-52-15-12-9-6-3)75-69(72)63-60-57-54-51-49-47-45-42-25-23-21-19-17-14-11-8-5-2/h26-27,66H,4-25,28-65H2,1-3H3/b27-26-. The van der Waals surface area contributed by atoms with Crippen molar-refractivity contribution in [2.24, 2.45) is 0 Å². The van der Waals surface area contributed by atoms with Gasteiger partial charge in [-0.05, 0) is 44.9 Å². The zero-order chi connectivity index (χ0) is 54.3. The van der Waals surface area contributed by atoms with Crippen molar-refractivity contribution in [3.05, 3.63) is 12.2 Å². The van der Waals surface area contributed by atoms with E-state index >= 15 is 0 Å². The molecule has 0 N–H and O–H groups in total. The first-order valence-corrected chi connectivity index (χ1v) is 34.2. The Bertz CT molecular complexity index is 1170. The quantitative estimate of drug-likeness (QED) is 0.0261. The van der Waals surface area contributed by atoms with Crippen LogP contribution in [0.3, 0.4) is 0 Å². The summed E-state index contributed by atoms with van der Waals surface area (Å²) in [4.78, 5) is 38.1. The van der Waals surface area contributed by atoms with Crippen LogP contribution in [-0.2, 0) is 28.6 Å². The summed E-state index contributed by atoms with van der Waals surface area (Å²) in [6.07, 6.45) is 77.1. The number of unbranched alkanes of at least 4 members (excludes halogenated alkanes) is 51. The lowest BCUT2D eigenvalue weighted by Gasteiger charge is -2.18. The van der Waals surface area contributed by atoms with Crippen molar-refractivity contribution in [2.45, 2.75) is 399 Å². The topological polar surface area (TPSA) is 78.9 Å². The molecule has 0 aromatic heterocycles.